The lowest BCUT2D eigenvalue weighted by molar-refractivity contribution is -0.142. The zero-order valence-electron chi connectivity index (χ0n) is 9.23. The van der Waals surface area contributed by atoms with Crippen molar-refractivity contribution < 1.29 is 19.1 Å². The van der Waals surface area contributed by atoms with Crippen molar-refractivity contribution in [3.63, 3.8) is 0 Å². The number of hydrogen-bond donors (Lipinski definition) is 1. The van der Waals surface area contributed by atoms with Crippen molar-refractivity contribution in [1.29, 1.82) is 0 Å². The highest BCUT2D eigenvalue weighted by atomic mass is 16.6. The van der Waals surface area contributed by atoms with Crippen LogP contribution in [0.15, 0.2) is 24.3 Å². The molecule has 88 valence electrons. The number of hydrogen-bond acceptors (Lipinski definition) is 4. The van der Waals surface area contributed by atoms with Gasteiger partial charge in [-0.1, -0.05) is 5.92 Å². The Hall–Kier alpha value is -2.48. The van der Waals surface area contributed by atoms with Crippen molar-refractivity contribution in [2.75, 3.05) is 13.7 Å². The quantitative estimate of drug-likeness (QED) is 0.592. The fourth-order valence-electron chi connectivity index (χ4n) is 0.969. The van der Waals surface area contributed by atoms with Gasteiger partial charge in [-0.3, -0.25) is 4.79 Å². The van der Waals surface area contributed by atoms with Gasteiger partial charge in [0.15, 0.2) is 6.61 Å². The van der Waals surface area contributed by atoms with Crippen LogP contribution in [0.2, 0.25) is 0 Å². The maximum Gasteiger partial charge on any atom is 0.343 e. The lowest BCUT2D eigenvalue weighted by Crippen LogP contribution is -2.12. The lowest BCUT2D eigenvalue weighted by atomic mass is 10.2. The smallest absolute Gasteiger partial charge is 0.343 e. The summed E-state index contributed by atoms with van der Waals surface area (Å²) in [5.74, 6) is 4.16. The molecule has 0 bridgehead atoms. The second-order valence-corrected chi connectivity index (χ2v) is 3.00. The van der Waals surface area contributed by atoms with Gasteiger partial charge >= 0.3 is 5.97 Å². The van der Waals surface area contributed by atoms with Crippen LogP contribution in [-0.2, 0) is 14.3 Å². The van der Waals surface area contributed by atoms with Crippen LogP contribution in [-0.4, -0.2) is 25.6 Å². The Morgan fingerprint density at radius 1 is 1.29 bits per heavy atom. The summed E-state index contributed by atoms with van der Waals surface area (Å²) in [7, 11) is 1.29. The molecule has 1 aromatic carbocycles. The highest BCUT2D eigenvalue weighted by molar-refractivity contribution is 5.92. The monoisotopic (exact) mass is 233 g/mol. The zero-order valence-corrected chi connectivity index (χ0v) is 9.23. The molecule has 2 N–H and O–H groups in total. The number of primary amides is 1. The third-order valence-corrected chi connectivity index (χ3v) is 1.77. The fraction of sp³-hybridized carbons (Fsp3) is 0.167. The number of nitrogens with two attached hydrogens (primary N) is 1. The van der Waals surface area contributed by atoms with Crippen LogP contribution in [0.5, 0.6) is 5.75 Å². The summed E-state index contributed by atoms with van der Waals surface area (Å²) in [6.45, 7) is -0.150. The third kappa shape index (κ3) is 4.71. The van der Waals surface area contributed by atoms with Gasteiger partial charge in [0.2, 0.25) is 0 Å². The standard InChI is InChI=1S/C12H11NO4/c1-16-12(15)8-17-10-5-2-9(3-6-10)4-7-11(13)14/h2-3,5-6H,8H2,1H3,(H2,13,14). The summed E-state index contributed by atoms with van der Waals surface area (Å²) >= 11 is 0. The van der Waals surface area contributed by atoms with E-state index in [4.69, 9.17) is 10.5 Å². The van der Waals surface area contributed by atoms with Crippen molar-refractivity contribution in [2.24, 2.45) is 5.73 Å². The Kier molecular flexibility index (Phi) is 4.58. The van der Waals surface area contributed by atoms with Crippen molar-refractivity contribution >= 4 is 11.9 Å². The van der Waals surface area contributed by atoms with Crippen molar-refractivity contribution in [2.45, 2.75) is 0 Å². The number of carbonyl (C=O) groups is 2. The van der Waals surface area contributed by atoms with Crippen LogP contribution in [0.25, 0.3) is 0 Å². The Morgan fingerprint density at radius 2 is 1.94 bits per heavy atom. The number of benzene rings is 1. The van der Waals surface area contributed by atoms with Crippen LogP contribution in [0.3, 0.4) is 0 Å². The van der Waals surface area contributed by atoms with Gasteiger partial charge in [0.05, 0.1) is 7.11 Å². The number of esters is 1. The molecule has 0 aliphatic heterocycles. The first-order valence-corrected chi connectivity index (χ1v) is 4.73. The molecule has 0 spiro atoms. The van der Waals surface area contributed by atoms with Crippen LogP contribution < -0.4 is 10.5 Å². The van der Waals surface area contributed by atoms with Gasteiger partial charge in [0.25, 0.3) is 5.91 Å². The highest BCUT2D eigenvalue weighted by Gasteiger charge is 2.00. The minimum Gasteiger partial charge on any atom is -0.482 e. The zero-order chi connectivity index (χ0) is 12.7. The molecular weight excluding hydrogens is 222 g/mol. The minimum atomic E-state index is -0.684. The average molecular weight is 233 g/mol. The summed E-state index contributed by atoms with van der Waals surface area (Å²) in [5.41, 5.74) is 5.51. The van der Waals surface area contributed by atoms with Crippen LogP contribution >= 0.6 is 0 Å². The van der Waals surface area contributed by atoms with Gasteiger partial charge < -0.3 is 15.2 Å². The van der Waals surface area contributed by atoms with Crippen molar-refractivity contribution in [1.82, 2.24) is 0 Å². The summed E-state index contributed by atoms with van der Waals surface area (Å²) in [6, 6.07) is 6.58. The Morgan fingerprint density at radius 3 is 2.47 bits per heavy atom. The number of amides is 1. The molecule has 0 heterocycles. The molecule has 0 aromatic heterocycles. The number of ether oxygens (including phenoxy) is 2. The maximum absolute atomic E-state index is 10.8. The van der Waals surface area contributed by atoms with E-state index in [1.807, 2.05) is 0 Å². The van der Waals surface area contributed by atoms with E-state index in [9.17, 15) is 9.59 Å². The van der Waals surface area contributed by atoms with E-state index in [-0.39, 0.29) is 6.61 Å². The molecule has 0 atom stereocenters. The van der Waals surface area contributed by atoms with E-state index in [1.165, 1.54) is 7.11 Å². The Labute approximate surface area is 98.5 Å². The number of methoxy groups -OCH3 is 1. The number of rotatable bonds is 3. The van der Waals surface area contributed by atoms with Gasteiger partial charge in [-0.25, -0.2) is 4.79 Å². The molecule has 0 fully saturated rings. The molecule has 0 unspecified atom stereocenters. The van der Waals surface area contributed by atoms with Gasteiger partial charge in [-0.15, -0.1) is 0 Å². The molecular formula is C12H11NO4. The lowest BCUT2D eigenvalue weighted by Gasteiger charge is -2.03. The number of carbonyl (C=O) groups excluding carboxylic acids is 2. The molecule has 0 saturated carbocycles. The van der Waals surface area contributed by atoms with E-state index in [2.05, 4.69) is 16.6 Å². The van der Waals surface area contributed by atoms with Crippen LogP contribution in [0.4, 0.5) is 0 Å². The fourth-order valence-corrected chi connectivity index (χ4v) is 0.969. The summed E-state index contributed by atoms with van der Waals surface area (Å²) in [6.07, 6.45) is 0. The molecule has 5 heteroatoms. The summed E-state index contributed by atoms with van der Waals surface area (Å²) in [4.78, 5) is 21.2. The molecule has 1 rings (SSSR count). The largest absolute Gasteiger partial charge is 0.482 e. The minimum absolute atomic E-state index is 0.150. The second kappa shape index (κ2) is 6.18. The predicted octanol–water partition coefficient (Wildman–Crippen LogP) is 0.0752. The Bertz CT molecular complexity index is 468. The highest BCUT2D eigenvalue weighted by Crippen LogP contribution is 2.11. The first kappa shape index (κ1) is 12.6. The molecule has 0 aliphatic rings. The SMILES string of the molecule is COC(=O)COc1ccc(C#CC(N)=O)cc1. The normalized spacial score (nSPS) is 8.76. The maximum atomic E-state index is 10.8. The average Bonchev–Trinajstić information content (AvgIpc) is 2.34. The van der Waals surface area contributed by atoms with E-state index < -0.39 is 11.9 Å². The van der Waals surface area contributed by atoms with Gasteiger partial charge in [-0.2, -0.15) is 0 Å². The predicted molar refractivity (Wildman–Crippen MR) is 60.0 cm³/mol. The first-order chi connectivity index (χ1) is 8.11. The van der Waals surface area contributed by atoms with Crippen molar-refractivity contribution in [3.05, 3.63) is 29.8 Å². The Balaban J connectivity index is 2.60. The molecule has 17 heavy (non-hydrogen) atoms. The molecule has 1 aromatic rings. The van der Waals surface area contributed by atoms with E-state index in [0.29, 0.717) is 11.3 Å². The molecule has 0 aliphatic carbocycles. The molecule has 5 nitrogen and oxygen atoms in total. The van der Waals surface area contributed by atoms with Gasteiger partial charge in [-0.05, 0) is 30.2 Å². The van der Waals surface area contributed by atoms with Crippen LogP contribution in [0.1, 0.15) is 5.56 Å². The van der Waals surface area contributed by atoms with E-state index >= 15 is 0 Å². The van der Waals surface area contributed by atoms with Crippen molar-refractivity contribution in [3.8, 4) is 17.6 Å². The van der Waals surface area contributed by atoms with E-state index in [1.54, 1.807) is 24.3 Å². The molecule has 1 amide bonds. The first-order valence-electron chi connectivity index (χ1n) is 4.73. The third-order valence-electron chi connectivity index (χ3n) is 1.77. The molecule has 0 saturated heterocycles. The van der Waals surface area contributed by atoms with Gasteiger partial charge in [0, 0.05) is 5.56 Å². The van der Waals surface area contributed by atoms with Crippen LogP contribution in [0, 0.1) is 11.8 Å². The summed E-state index contributed by atoms with van der Waals surface area (Å²) in [5, 5.41) is 0. The topological polar surface area (TPSA) is 78.6 Å². The summed E-state index contributed by atoms with van der Waals surface area (Å²) < 4.78 is 9.55. The van der Waals surface area contributed by atoms with E-state index in [0.717, 1.165) is 0 Å². The second-order valence-electron chi connectivity index (χ2n) is 3.00. The molecule has 0 radical (unpaired) electrons. The van der Waals surface area contributed by atoms with Gasteiger partial charge in [0.1, 0.15) is 5.75 Å².